The number of aryl methyl sites for hydroxylation is 2. The minimum Gasteiger partial charge on any atom is -0.370 e. The highest BCUT2D eigenvalue weighted by atomic mass is 127. The van der Waals surface area contributed by atoms with E-state index in [1.165, 1.54) is 16.5 Å². The maximum Gasteiger partial charge on any atom is 0.193 e. The van der Waals surface area contributed by atoms with E-state index in [1.807, 2.05) is 24.3 Å². The van der Waals surface area contributed by atoms with Crippen molar-refractivity contribution >= 4 is 46.5 Å². The largest absolute Gasteiger partial charge is 0.370 e. The highest BCUT2D eigenvalue weighted by Crippen LogP contribution is 2.15. The number of benzene rings is 2. The Kier molecular flexibility index (Phi) is 6.66. The highest BCUT2D eigenvalue weighted by Gasteiger charge is 1.99. The highest BCUT2D eigenvalue weighted by molar-refractivity contribution is 14.0. The first kappa shape index (κ1) is 18.3. The Bertz CT molecular complexity index is 806. The molecule has 0 fully saturated rings. The van der Waals surface area contributed by atoms with Gasteiger partial charge in [-0.2, -0.15) is 0 Å². The average Bonchev–Trinajstić information content (AvgIpc) is 2.97. The monoisotopic (exact) mass is 434 g/mol. The Balaban J connectivity index is 0.00000208. The van der Waals surface area contributed by atoms with Gasteiger partial charge < -0.3 is 15.6 Å². The van der Waals surface area contributed by atoms with Crippen molar-refractivity contribution in [1.29, 1.82) is 0 Å². The number of nitrogens with one attached hydrogen (secondary N) is 1. The average molecular weight is 434 g/mol. The molecule has 126 valence electrons. The van der Waals surface area contributed by atoms with Gasteiger partial charge in [-0.15, -0.1) is 24.0 Å². The predicted octanol–water partition coefficient (Wildman–Crippen LogP) is 4.38. The number of para-hydroxylation sites is 1. The van der Waals surface area contributed by atoms with Crippen LogP contribution in [0.2, 0.25) is 0 Å². The first-order valence-corrected chi connectivity index (χ1v) is 7.90. The topological polar surface area (TPSA) is 55.3 Å². The second-order valence-electron chi connectivity index (χ2n) is 5.68. The molecular formula is C19H23IN4. The molecule has 4 nitrogen and oxygen atoms in total. The molecule has 5 heteroatoms. The third-order valence-corrected chi connectivity index (χ3v) is 3.84. The molecule has 2 aromatic carbocycles. The van der Waals surface area contributed by atoms with Crippen LogP contribution >= 0.6 is 24.0 Å². The van der Waals surface area contributed by atoms with E-state index in [9.17, 15) is 0 Å². The van der Waals surface area contributed by atoms with Gasteiger partial charge in [-0.25, -0.2) is 0 Å². The Morgan fingerprint density at radius 1 is 1.08 bits per heavy atom. The van der Waals surface area contributed by atoms with Crippen molar-refractivity contribution in [3.63, 3.8) is 0 Å². The Morgan fingerprint density at radius 2 is 1.83 bits per heavy atom. The van der Waals surface area contributed by atoms with Crippen LogP contribution in [0.25, 0.3) is 10.9 Å². The maximum atomic E-state index is 5.93. The normalized spacial score (nSPS) is 11.3. The fourth-order valence-electron chi connectivity index (χ4n) is 2.60. The zero-order valence-electron chi connectivity index (χ0n) is 13.8. The number of halogens is 1. The van der Waals surface area contributed by atoms with Crippen LogP contribution in [-0.4, -0.2) is 17.1 Å². The third kappa shape index (κ3) is 4.74. The fraction of sp³-hybridized carbons (Fsp3) is 0.211. The molecule has 24 heavy (non-hydrogen) atoms. The molecule has 3 rings (SSSR count). The van der Waals surface area contributed by atoms with Gasteiger partial charge >= 0.3 is 0 Å². The van der Waals surface area contributed by atoms with Gasteiger partial charge in [0.2, 0.25) is 0 Å². The third-order valence-electron chi connectivity index (χ3n) is 3.84. The summed E-state index contributed by atoms with van der Waals surface area (Å²) in [6.07, 6.45) is 3.08. The van der Waals surface area contributed by atoms with Gasteiger partial charge in [-0.05, 0) is 43.0 Å². The summed E-state index contributed by atoms with van der Waals surface area (Å²) in [5.74, 6) is 0.464. The van der Waals surface area contributed by atoms with Gasteiger partial charge in [0.05, 0.1) is 0 Å². The Hall–Kier alpha value is -2.02. The van der Waals surface area contributed by atoms with Crippen molar-refractivity contribution in [2.24, 2.45) is 10.7 Å². The van der Waals surface area contributed by atoms with Gasteiger partial charge in [-0.3, -0.25) is 4.99 Å². The van der Waals surface area contributed by atoms with Crippen molar-refractivity contribution < 1.29 is 0 Å². The molecule has 0 aliphatic heterocycles. The molecule has 0 atom stereocenters. The standard InChI is InChI=1S/C19H22N4.HI/c1-15-7-9-17(10-8-15)22-19(20)21-12-4-13-23-14-11-16-5-2-3-6-18(16)23;/h2-3,5-11,14H,4,12-13H2,1H3,(H3,20,21,22);1H. The number of aliphatic imine (C=N–C) groups is 1. The molecule has 0 bridgehead atoms. The number of aromatic nitrogens is 1. The lowest BCUT2D eigenvalue weighted by Gasteiger charge is -2.07. The first-order chi connectivity index (χ1) is 11.2. The lowest BCUT2D eigenvalue weighted by atomic mass is 10.2. The molecule has 0 spiro atoms. The number of fused-ring (bicyclic) bond motifs is 1. The van der Waals surface area contributed by atoms with Crippen LogP contribution < -0.4 is 11.1 Å². The van der Waals surface area contributed by atoms with E-state index in [2.05, 4.69) is 58.3 Å². The first-order valence-electron chi connectivity index (χ1n) is 7.90. The van der Waals surface area contributed by atoms with Gasteiger partial charge in [-0.1, -0.05) is 35.9 Å². The molecule has 1 aromatic heterocycles. The molecular weight excluding hydrogens is 411 g/mol. The summed E-state index contributed by atoms with van der Waals surface area (Å²) in [5.41, 5.74) is 9.38. The maximum absolute atomic E-state index is 5.93. The number of rotatable bonds is 5. The SMILES string of the molecule is Cc1ccc(NC(N)=NCCCn2ccc3ccccc32)cc1.I. The minimum atomic E-state index is 0. The van der Waals surface area contributed by atoms with Crippen molar-refractivity contribution in [2.75, 3.05) is 11.9 Å². The van der Waals surface area contributed by atoms with Gasteiger partial charge in [0.25, 0.3) is 0 Å². The molecule has 0 saturated carbocycles. The molecule has 0 radical (unpaired) electrons. The number of hydrogen-bond donors (Lipinski definition) is 2. The van der Waals surface area contributed by atoms with Crippen molar-refractivity contribution in [3.05, 3.63) is 66.4 Å². The van der Waals surface area contributed by atoms with E-state index in [0.29, 0.717) is 12.5 Å². The van der Waals surface area contributed by atoms with E-state index in [1.54, 1.807) is 0 Å². The van der Waals surface area contributed by atoms with E-state index in [0.717, 1.165) is 18.7 Å². The van der Waals surface area contributed by atoms with E-state index < -0.39 is 0 Å². The van der Waals surface area contributed by atoms with Crippen molar-refractivity contribution in [1.82, 2.24) is 4.57 Å². The van der Waals surface area contributed by atoms with Crippen LogP contribution in [0.1, 0.15) is 12.0 Å². The molecule has 1 heterocycles. The second-order valence-corrected chi connectivity index (χ2v) is 5.68. The van der Waals surface area contributed by atoms with Crippen molar-refractivity contribution in [2.45, 2.75) is 19.9 Å². The number of anilines is 1. The summed E-state index contributed by atoms with van der Waals surface area (Å²) in [6, 6.07) is 18.7. The minimum absolute atomic E-state index is 0. The van der Waals surface area contributed by atoms with Crippen LogP contribution in [-0.2, 0) is 6.54 Å². The lowest BCUT2D eigenvalue weighted by molar-refractivity contribution is 0.671. The summed E-state index contributed by atoms with van der Waals surface area (Å²) in [4.78, 5) is 4.39. The smallest absolute Gasteiger partial charge is 0.193 e. The van der Waals surface area contributed by atoms with Crippen LogP contribution in [0.4, 0.5) is 5.69 Å². The molecule has 0 saturated heterocycles. The molecule has 0 aliphatic carbocycles. The number of nitrogens with zero attached hydrogens (tertiary/aromatic N) is 2. The lowest BCUT2D eigenvalue weighted by Crippen LogP contribution is -2.22. The number of hydrogen-bond acceptors (Lipinski definition) is 1. The molecule has 0 unspecified atom stereocenters. The van der Waals surface area contributed by atoms with E-state index >= 15 is 0 Å². The van der Waals surface area contributed by atoms with E-state index in [4.69, 9.17) is 5.73 Å². The molecule has 3 N–H and O–H groups in total. The summed E-state index contributed by atoms with van der Waals surface area (Å²) in [6.45, 7) is 3.71. The zero-order chi connectivity index (χ0) is 16.1. The van der Waals surface area contributed by atoms with Crippen molar-refractivity contribution in [3.8, 4) is 0 Å². The summed E-state index contributed by atoms with van der Waals surface area (Å²) < 4.78 is 2.26. The summed E-state index contributed by atoms with van der Waals surface area (Å²) in [5, 5.41) is 4.39. The Labute approximate surface area is 159 Å². The fourth-order valence-corrected chi connectivity index (χ4v) is 2.60. The van der Waals surface area contributed by atoms with Gasteiger partial charge in [0.1, 0.15) is 0 Å². The van der Waals surface area contributed by atoms with Gasteiger partial charge in [0.15, 0.2) is 5.96 Å². The summed E-state index contributed by atoms with van der Waals surface area (Å²) >= 11 is 0. The second kappa shape index (κ2) is 8.73. The summed E-state index contributed by atoms with van der Waals surface area (Å²) in [7, 11) is 0. The quantitative estimate of drug-likeness (QED) is 0.271. The van der Waals surface area contributed by atoms with Crippen LogP contribution in [0.5, 0.6) is 0 Å². The molecule has 0 amide bonds. The molecule has 0 aliphatic rings. The molecule has 3 aromatic rings. The van der Waals surface area contributed by atoms with E-state index in [-0.39, 0.29) is 24.0 Å². The van der Waals surface area contributed by atoms with Gasteiger partial charge in [0, 0.05) is 30.5 Å². The number of guanidine groups is 1. The van der Waals surface area contributed by atoms with Crippen LogP contribution in [0, 0.1) is 6.92 Å². The zero-order valence-corrected chi connectivity index (χ0v) is 16.1. The number of nitrogens with two attached hydrogens (primary N) is 1. The predicted molar refractivity (Wildman–Crippen MR) is 113 cm³/mol. The van der Waals surface area contributed by atoms with Crippen LogP contribution in [0.15, 0.2) is 65.8 Å². The Morgan fingerprint density at radius 3 is 2.62 bits per heavy atom. The van der Waals surface area contributed by atoms with Crippen LogP contribution in [0.3, 0.4) is 0 Å².